The quantitative estimate of drug-likeness (QED) is 0.733. The Bertz CT molecular complexity index is 781. The molecule has 5 nitrogen and oxygen atoms in total. The Morgan fingerprint density at radius 1 is 1.27 bits per heavy atom. The fraction of sp³-hybridized carbons (Fsp3) is 0.250. The Balaban J connectivity index is 1.77. The summed E-state index contributed by atoms with van der Waals surface area (Å²) in [6.07, 6.45) is 0. The van der Waals surface area contributed by atoms with Gasteiger partial charge in [0.1, 0.15) is 11.3 Å². The molecule has 0 bridgehead atoms. The summed E-state index contributed by atoms with van der Waals surface area (Å²) in [5.41, 5.74) is 1.25. The maximum Gasteiger partial charge on any atom is 0.321 e. The lowest BCUT2D eigenvalue weighted by atomic mass is 10.1. The van der Waals surface area contributed by atoms with Crippen molar-refractivity contribution in [1.82, 2.24) is 10.3 Å². The van der Waals surface area contributed by atoms with Crippen LogP contribution < -0.4 is 10.6 Å². The van der Waals surface area contributed by atoms with E-state index in [1.165, 1.54) is 11.3 Å². The molecule has 2 heterocycles. The summed E-state index contributed by atoms with van der Waals surface area (Å²) in [6.45, 7) is 5.77. The number of para-hydroxylation sites is 1. The third-order valence-electron chi connectivity index (χ3n) is 2.89. The van der Waals surface area contributed by atoms with Crippen molar-refractivity contribution in [3.8, 4) is 11.5 Å². The highest BCUT2D eigenvalue weighted by Gasteiger charge is 2.15. The number of hydrogen-bond acceptors (Lipinski definition) is 4. The Morgan fingerprint density at radius 3 is 2.77 bits per heavy atom. The lowest BCUT2D eigenvalue weighted by Gasteiger charge is -2.20. The van der Waals surface area contributed by atoms with Gasteiger partial charge in [0.2, 0.25) is 0 Å². The second kappa shape index (κ2) is 5.46. The van der Waals surface area contributed by atoms with E-state index in [-0.39, 0.29) is 11.6 Å². The van der Waals surface area contributed by atoms with E-state index in [2.05, 4.69) is 15.6 Å². The van der Waals surface area contributed by atoms with E-state index < -0.39 is 0 Å². The van der Waals surface area contributed by atoms with E-state index in [4.69, 9.17) is 4.42 Å². The molecule has 0 saturated carbocycles. The number of aromatic nitrogens is 1. The average Bonchev–Trinajstić information content (AvgIpc) is 3.01. The smallest absolute Gasteiger partial charge is 0.321 e. The summed E-state index contributed by atoms with van der Waals surface area (Å²) >= 11 is 1.37. The predicted molar refractivity (Wildman–Crippen MR) is 89.2 cm³/mol. The van der Waals surface area contributed by atoms with Crippen molar-refractivity contribution in [2.45, 2.75) is 26.3 Å². The molecule has 6 heteroatoms. The third kappa shape index (κ3) is 3.28. The Hall–Kier alpha value is -2.34. The van der Waals surface area contributed by atoms with E-state index in [0.717, 1.165) is 11.0 Å². The number of nitrogens with one attached hydrogen (secondary N) is 2. The summed E-state index contributed by atoms with van der Waals surface area (Å²) in [6, 6.07) is 9.49. The molecule has 0 spiro atoms. The molecule has 1 aromatic carbocycles. The number of carbonyl (C=O) groups excluding carboxylic acids is 1. The maximum atomic E-state index is 11.8. The number of rotatable bonds is 2. The Morgan fingerprint density at radius 2 is 2.05 bits per heavy atom. The van der Waals surface area contributed by atoms with E-state index in [1.54, 1.807) is 0 Å². The molecule has 0 atom stereocenters. The normalized spacial score (nSPS) is 11.6. The minimum atomic E-state index is -0.289. The fourth-order valence-electron chi connectivity index (χ4n) is 2.02. The second-order valence-electron chi connectivity index (χ2n) is 6.02. The number of furan rings is 1. The number of anilines is 1. The summed E-state index contributed by atoms with van der Waals surface area (Å²) in [7, 11) is 0. The predicted octanol–water partition coefficient (Wildman–Crippen LogP) is 4.48. The molecule has 22 heavy (non-hydrogen) atoms. The number of carbonyl (C=O) groups is 1. The highest BCUT2D eigenvalue weighted by molar-refractivity contribution is 7.14. The minimum Gasteiger partial charge on any atom is -0.454 e. The molecular formula is C16H17N3O2S. The van der Waals surface area contributed by atoms with Crippen molar-refractivity contribution in [2.75, 3.05) is 5.32 Å². The molecular weight excluding hydrogens is 298 g/mol. The summed E-state index contributed by atoms with van der Waals surface area (Å²) < 4.78 is 5.77. The molecule has 3 rings (SSSR count). The van der Waals surface area contributed by atoms with E-state index in [9.17, 15) is 4.79 Å². The monoisotopic (exact) mass is 315 g/mol. The molecule has 2 aromatic heterocycles. The number of amides is 2. The molecule has 3 aromatic rings. The fourth-order valence-corrected chi connectivity index (χ4v) is 2.72. The van der Waals surface area contributed by atoms with Gasteiger partial charge in [-0.3, -0.25) is 5.32 Å². The van der Waals surface area contributed by atoms with Crippen molar-refractivity contribution in [2.24, 2.45) is 0 Å². The first kappa shape index (κ1) is 14.6. The van der Waals surface area contributed by atoms with Gasteiger partial charge in [-0.2, -0.15) is 0 Å². The number of fused-ring (bicyclic) bond motifs is 1. The van der Waals surface area contributed by atoms with Crippen LogP contribution in [0.2, 0.25) is 0 Å². The van der Waals surface area contributed by atoms with Gasteiger partial charge in [-0.15, -0.1) is 11.3 Å². The Kier molecular flexibility index (Phi) is 3.62. The van der Waals surface area contributed by atoms with Gasteiger partial charge in [0.25, 0.3) is 0 Å². The molecule has 2 amide bonds. The molecule has 0 unspecified atom stereocenters. The second-order valence-corrected chi connectivity index (χ2v) is 6.87. The van der Waals surface area contributed by atoms with Gasteiger partial charge >= 0.3 is 6.03 Å². The molecule has 0 aliphatic rings. The van der Waals surface area contributed by atoms with Crippen LogP contribution in [-0.2, 0) is 0 Å². The van der Waals surface area contributed by atoms with Crippen LogP contribution in [0.1, 0.15) is 20.8 Å². The first-order chi connectivity index (χ1) is 10.4. The SMILES string of the molecule is CC(C)(C)NC(=O)Nc1nc(-c2cc3ccccc3o2)cs1. The van der Waals surface area contributed by atoms with Gasteiger partial charge in [0.15, 0.2) is 10.9 Å². The number of hydrogen-bond donors (Lipinski definition) is 2. The van der Waals surface area contributed by atoms with Crippen LogP contribution in [0.4, 0.5) is 9.93 Å². The van der Waals surface area contributed by atoms with Crippen LogP contribution in [-0.4, -0.2) is 16.6 Å². The topological polar surface area (TPSA) is 67.2 Å². The van der Waals surface area contributed by atoms with Gasteiger partial charge < -0.3 is 9.73 Å². The van der Waals surface area contributed by atoms with E-state index in [1.807, 2.05) is 56.5 Å². The summed E-state index contributed by atoms with van der Waals surface area (Å²) in [4.78, 5) is 16.2. The number of urea groups is 1. The van der Waals surface area contributed by atoms with Crippen LogP contribution in [0.25, 0.3) is 22.4 Å². The number of benzene rings is 1. The molecule has 0 fully saturated rings. The van der Waals surface area contributed by atoms with Crippen LogP contribution in [0.3, 0.4) is 0 Å². The lowest BCUT2D eigenvalue weighted by Crippen LogP contribution is -2.43. The molecule has 114 valence electrons. The van der Waals surface area contributed by atoms with Gasteiger partial charge in [0, 0.05) is 16.3 Å². The highest BCUT2D eigenvalue weighted by atomic mass is 32.1. The van der Waals surface area contributed by atoms with Crippen molar-refractivity contribution >= 4 is 33.5 Å². The molecule has 0 aliphatic heterocycles. The van der Waals surface area contributed by atoms with Crippen LogP contribution in [0, 0.1) is 0 Å². The Labute approximate surface area is 132 Å². The number of nitrogens with zero attached hydrogens (tertiary/aromatic N) is 1. The third-order valence-corrected chi connectivity index (χ3v) is 3.65. The van der Waals surface area contributed by atoms with Crippen molar-refractivity contribution in [3.05, 3.63) is 35.7 Å². The van der Waals surface area contributed by atoms with E-state index >= 15 is 0 Å². The van der Waals surface area contributed by atoms with Crippen molar-refractivity contribution < 1.29 is 9.21 Å². The first-order valence-corrected chi connectivity index (χ1v) is 7.82. The maximum absolute atomic E-state index is 11.8. The van der Waals surface area contributed by atoms with Gasteiger partial charge in [-0.05, 0) is 32.9 Å². The zero-order valence-electron chi connectivity index (χ0n) is 12.6. The zero-order chi connectivity index (χ0) is 15.7. The molecule has 0 aliphatic carbocycles. The largest absolute Gasteiger partial charge is 0.454 e. The van der Waals surface area contributed by atoms with Crippen molar-refractivity contribution in [1.29, 1.82) is 0 Å². The van der Waals surface area contributed by atoms with Crippen LogP contribution >= 0.6 is 11.3 Å². The highest BCUT2D eigenvalue weighted by Crippen LogP contribution is 2.30. The molecule has 0 radical (unpaired) electrons. The lowest BCUT2D eigenvalue weighted by molar-refractivity contribution is 0.244. The zero-order valence-corrected chi connectivity index (χ0v) is 13.5. The number of thiazole rings is 1. The van der Waals surface area contributed by atoms with Crippen LogP contribution in [0.5, 0.6) is 0 Å². The molecule has 2 N–H and O–H groups in total. The van der Waals surface area contributed by atoms with E-state index in [0.29, 0.717) is 16.6 Å². The average molecular weight is 315 g/mol. The van der Waals surface area contributed by atoms with Gasteiger partial charge in [-0.1, -0.05) is 18.2 Å². The summed E-state index contributed by atoms with van der Waals surface area (Å²) in [5.74, 6) is 0.696. The standard InChI is InChI=1S/C16H17N3O2S/c1-16(2,3)19-14(20)18-15-17-11(9-22-15)13-8-10-6-4-5-7-12(10)21-13/h4-9H,1-3H3,(H2,17,18,19,20). The van der Waals surface area contributed by atoms with Crippen molar-refractivity contribution in [3.63, 3.8) is 0 Å². The minimum absolute atomic E-state index is 0.266. The van der Waals surface area contributed by atoms with Gasteiger partial charge in [-0.25, -0.2) is 9.78 Å². The first-order valence-electron chi connectivity index (χ1n) is 6.94. The summed E-state index contributed by atoms with van der Waals surface area (Å²) in [5, 5.41) is 9.01. The van der Waals surface area contributed by atoms with Gasteiger partial charge in [0.05, 0.1) is 0 Å². The molecule has 0 saturated heterocycles. The van der Waals surface area contributed by atoms with Crippen LogP contribution in [0.15, 0.2) is 40.1 Å².